The van der Waals surface area contributed by atoms with E-state index in [9.17, 15) is 0 Å². The second-order valence-electron chi connectivity index (χ2n) is 4.27. The van der Waals surface area contributed by atoms with E-state index in [2.05, 4.69) is 19.9 Å². The SMILES string of the molecule is Clc1nc(Cl)nc(N2CCOC3CCCC32)n1. The number of aromatic nitrogens is 3. The highest BCUT2D eigenvalue weighted by atomic mass is 35.5. The van der Waals surface area contributed by atoms with Crippen LogP contribution in [0.4, 0.5) is 5.95 Å². The number of nitrogens with zero attached hydrogens (tertiary/aromatic N) is 4. The van der Waals surface area contributed by atoms with Gasteiger partial charge in [-0.2, -0.15) is 15.0 Å². The Balaban J connectivity index is 1.91. The van der Waals surface area contributed by atoms with Gasteiger partial charge < -0.3 is 9.64 Å². The molecule has 17 heavy (non-hydrogen) atoms. The summed E-state index contributed by atoms with van der Waals surface area (Å²) in [5, 5.41) is 0.280. The molecule has 0 spiro atoms. The Kier molecular flexibility index (Phi) is 3.06. The second kappa shape index (κ2) is 4.55. The Morgan fingerprint density at radius 1 is 1.12 bits per heavy atom. The van der Waals surface area contributed by atoms with Crippen molar-refractivity contribution >= 4 is 29.2 Å². The normalized spacial score (nSPS) is 28.2. The van der Waals surface area contributed by atoms with Gasteiger partial charge in [0.1, 0.15) is 0 Å². The molecule has 7 heteroatoms. The minimum absolute atomic E-state index is 0.140. The minimum Gasteiger partial charge on any atom is -0.374 e. The first kappa shape index (κ1) is 11.4. The van der Waals surface area contributed by atoms with Gasteiger partial charge in [0.2, 0.25) is 16.5 Å². The van der Waals surface area contributed by atoms with Crippen LogP contribution in [-0.4, -0.2) is 40.2 Å². The van der Waals surface area contributed by atoms with Gasteiger partial charge >= 0.3 is 0 Å². The van der Waals surface area contributed by atoms with E-state index in [0.29, 0.717) is 18.6 Å². The number of rotatable bonds is 1. The summed E-state index contributed by atoms with van der Waals surface area (Å²) in [6, 6.07) is 0.346. The molecule has 0 amide bonds. The molecule has 1 aliphatic heterocycles. The van der Waals surface area contributed by atoms with Crippen LogP contribution in [0.5, 0.6) is 0 Å². The van der Waals surface area contributed by atoms with Crippen LogP contribution in [0.2, 0.25) is 10.6 Å². The molecule has 5 nitrogen and oxygen atoms in total. The van der Waals surface area contributed by atoms with Crippen molar-refractivity contribution in [2.24, 2.45) is 0 Å². The molecule has 2 unspecified atom stereocenters. The van der Waals surface area contributed by atoms with Gasteiger partial charge in [-0.3, -0.25) is 0 Å². The first-order valence-corrected chi connectivity index (χ1v) is 6.45. The summed E-state index contributed by atoms with van der Waals surface area (Å²) in [4.78, 5) is 14.2. The highest BCUT2D eigenvalue weighted by Crippen LogP contribution is 2.32. The molecule has 0 radical (unpaired) electrons. The van der Waals surface area contributed by atoms with Gasteiger partial charge in [-0.25, -0.2) is 0 Å². The van der Waals surface area contributed by atoms with Gasteiger partial charge in [-0.05, 0) is 42.5 Å². The fourth-order valence-electron chi connectivity index (χ4n) is 2.62. The standard InChI is InChI=1S/C10H12Cl2N4O/c11-8-13-9(12)15-10(14-8)16-4-5-17-7-3-1-2-6(7)16/h6-7H,1-5H2. The monoisotopic (exact) mass is 274 g/mol. The Morgan fingerprint density at radius 3 is 2.65 bits per heavy atom. The molecule has 2 fully saturated rings. The summed E-state index contributed by atoms with van der Waals surface area (Å²) >= 11 is 11.6. The van der Waals surface area contributed by atoms with Crippen LogP contribution in [0.1, 0.15) is 19.3 Å². The molecule has 1 saturated heterocycles. The van der Waals surface area contributed by atoms with Gasteiger partial charge in [-0.1, -0.05) is 0 Å². The molecule has 2 heterocycles. The molecule has 0 bridgehead atoms. The lowest BCUT2D eigenvalue weighted by molar-refractivity contribution is 0.0249. The van der Waals surface area contributed by atoms with Crippen molar-refractivity contribution in [2.45, 2.75) is 31.4 Å². The van der Waals surface area contributed by atoms with Gasteiger partial charge in [0.15, 0.2) is 0 Å². The van der Waals surface area contributed by atoms with Crippen LogP contribution in [0, 0.1) is 0 Å². The average molecular weight is 275 g/mol. The van der Waals surface area contributed by atoms with Crippen molar-refractivity contribution in [2.75, 3.05) is 18.1 Å². The summed E-state index contributed by atoms with van der Waals surface area (Å²) in [6.45, 7) is 1.47. The maximum Gasteiger partial charge on any atom is 0.231 e. The van der Waals surface area contributed by atoms with Crippen LogP contribution in [-0.2, 0) is 4.74 Å². The lowest BCUT2D eigenvalue weighted by Crippen LogP contribution is -2.49. The van der Waals surface area contributed by atoms with Crippen LogP contribution in [0.15, 0.2) is 0 Å². The first-order chi connectivity index (χ1) is 8.24. The molecule has 1 saturated carbocycles. The van der Waals surface area contributed by atoms with Crippen LogP contribution >= 0.6 is 23.2 Å². The van der Waals surface area contributed by atoms with E-state index in [1.54, 1.807) is 0 Å². The summed E-state index contributed by atoms with van der Waals surface area (Å²) < 4.78 is 5.74. The number of hydrogen-bond donors (Lipinski definition) is 0. The summed E-state index contributed by atoms with van der Waals surface area (Å²) in [7, 11) is 0. The number of morpholine rings is 1. The van der Waals surface area contributed by atoms with Crippen molar-refractivity contribution in [3.8, 4) is 0 Å². The highest BCUT2D eigenvalue weighted by molar-refractivity contribution is 6.31. The number of hydrogen-bond acceptors (Lipinski definition) is 5. The zero-order valence-electron chi connectivity index (χ0n) is 9.14. The van der Waals surface area contributed by atoms with Crippen LogP contribution in [0.3, 0.4) is 0 Å². The van der Waals surface area contributed by atoms with E-state index in [1.807, 2.05) is 0 Å². The van der Waals surface area contributed by atoms with Gasteiger partial charge in [0.25, 0.3) is 0 Å². The van der Waals surface area contributed by atoms with Gasteiger partial charge in [-0.15, -0.1) is 0 Å². The van der Waals surface area contributed by atoms with Crippen LogP contribution < -0.4 is 4.90 Å². The zero-order chi connectivity index (χ0) is 11.8. The van der Waals surface area contributed by atoms with E-state index in [-0.39, 0.29) is 16.7 Å². The maximum atomic E-state index is 5.81. The topological polar surface area (TPSA) is 51.1 Å². The van der Waals surface area contributed by atoms with E-state index >= 15 is 0 Å². The van der Waals surface area contributed by atoms with E-state index in [0.717, 1.165) is 19.4 Å². The molecule has 0 aromatic carbocycles. The van der Waals surface area contributed by atoms with Gasteiger partial charge in [0, 0.05) is 6.54 Å². The van der Waals surface area contributed by atoms with Gasteiger partial charge in [0.05, 0.1) is 18.8 Å². The number of ether oxygens (including phenoxy) is 1. The summed E-state index contributed by atoms with van der Waals surface area (Å²) in [5.74, 6) is 0.565. The Bertz CT molecular complexity index is 411. The predicted molar refractivity (Wildman–Crippen MR) is 64.6 cm³/mol. The Labute approximate surface area is 109 Å². The molecule has 1 aromatic heterocycles. The van der Waals surface area contributed by atoms with Crippen molar-refractivity contribution in [3.63, 3.8) is 0 Å². The lowest BCUT2D eigenvalue weighted by Gasteiger charge is -2.37. The van der Waals surface area contributed by atoms with E-state index in [1.165, 1.54) is 6.42 Å². The largest absolute Gasteiger partial charge is 0.374 e. The number of fused-ring (bicyclic) bond motifs is 1. The minimum atomic E-state index is 0.140. The third-order valence-electron chi connectivity index (χ3n) is 3.31. The first-order valence-electron chi connectivity index (χ1n) is 5.69. The summed E-state index contributed by atoms with van der Waals surface area (Å²) in [5.41, 5.74) is 0. The summed E-state index contributed by atoms with van der Waals surface area (Å²) in [6.07, 6.45) is 3.68. The molecule has 1 aromatic rings. The Morgan fingerprint density at radius 2 is 1.88 bits per heavy atom. The van der Waals surface area contributed by atoms with Crippen molar-refractivity contribution in [1.29, 1.82) is 0 Å². The molecular formula is C10H12Cl2N4O. The smallest absolute Gasteiger partial charge is 0.231 e. The van der Waals surface area contributed by atoms with E-state index in [4.69, 9.17) is 27.9 Å². The molecule has 92 valence electrons. The molecular weight excluding hydrogens is 263 g/mol. The third kappa shape index (κ3) is 2.19. The average Bonchev–Trinajstić information content (AvgIpc) is 2.75. The number of halogens is 2. The predicted octanol–water partition coefficient (Wildman–Crippen LogP) is 1.94. The number of anilines is 1. The lowest BCUT2D eigenvalue weighted by atomic mass is 10.1. The Hall–Kier alpha value is -0.650. The molecule has 3 rings (SSSR count). The fourth-order valence-corrected chi connectivity index (χ4v) is 2.97. The third-order valence-corrected chi connectivity index (χ3v) is 3.65. The molecule has 2 atom stereocenters. The molecule has 1 aliphatic carbocycles. The van der Waals surface area contributed by atoms with Crippen molar-refractivity contribution < 1.29 is 4.74 Å². The maximum absolute atomic E-state index is 5.81. The van der Waals surface area contributed by atoms with Crippen LogP contribution in [0.25, 0.3) is 0 Å². The van der Waals surface area contributed by atoms with Crippen molar-refractivity contribution in [1.82, 2.24) is 15.0 Å². The fraction of sp³-hybridized carbons (Fsp3) is 0.700. The zero-order valence-corrected chi connectivity index (χ0v) is 10.7. The van der Waals surface area contributed by atoms with E-state index < -0.39 is 0 Å². The van der Waals surface area contributed by atoms with Crippen molar-refractivity contribution in [3.05, 3.63) is 10.6 Å². The molecule has 2 aliphatic rings. The highest BCUT2D eigenvalue weighted by Gasteiger charge is 2.37. The quantitative estimate of drug-likeness (QED) is 0.784. The second-order valence-corrected chi connectivity index (χ2v) is 4.95. The molecule has 0 N–H and O–H groups in total.